The highest BCUT2D eigenvalue weighted by Crippen LogP contribution is 2.61. The quantitative estimate of drug-likeness (QED) is 0.516. The van der Waals surface area contributed by atoms with Crippen LogP contribution in [-0.4, -0.2) is 46.3 Å². The average Bonchev–Trinajstić information content (AvgIpc) is 3.54. The Morgan fingerprint density at radius 2 is 2.03 bits per heavy atom. The number of nitrogens with zero attached hydrogens (tertiary/aromatic N) is 5. The molecule has 1 aromatic carbocycles. The van der Waals surface area contributed by atoms with E-state index in [0.717, 1.165) is 18.7 Å². The van der Waals surface area contributed by atoms with E-state index in [4.69, 9.17) is 0 Å². The van der Waals surface area contributed by atoms with Gasteiger partial charge < -0.3 is 15.2 Å². The van der Waals surface area contributed by atoms with Gasteiger partial charge in [-0.15, -0.1) is 0 Å². The van der Waals surface area contributed by atoms with Gasteiger partial charge in [0, 0.05) is 23.7 Å². The summed E-state index contributed by atoms with van der Waals surface area (Å²) in [6.07, 6.45) is 6.42. The number of hydrogen-bond donors (Lipinski definition) is 2. The molecule has 0 saturated heterocycles. The van der Waals surface area contributed by atoms with Crippen molar-refractivity contribution < 1.29 is 4.57 Å². The molecule has 1 spiro atoms. The van der Waals surface area contributed by atoms with Crippen LogP contribution in [0, 0.1) is 11.3 Å². The summed E-state index contributed by atoms with van der Waals surface area (Å²) in [6, 6.07) is 12.6. The van der Waals surface area contributed by atoms with Gasteiger partial charge >= 0.3 is 0 Å². The predicted octanol–water partition coefficient (Wildman–Crippen LogP) is 4.27. The fraction of sp³-hybridized carbons (Fsp3) is 0.385. The van der Waals surface area contributed by atoms with Crippen molar-refractivity contribution in [2.24, 2.45) is 0 Å². The van der Waals surface area contributed by atoms with Crippen LogP contribution in [0.3, 0.4) is 0 Å². The molecule has 0 bridgehead atoms. The van der Waals surface area contributed by atoms with E-state index in [2.05, 4.69) is 55.7 Å². The fourth-order valence-corrected chi connectivity index (χ4v) is 6.76. The van der Waals surface area contributed by atoms with Gasteiger partial charge in [0.25, 0.3) is 0 Å². The number of nitrogens with one attached hydrogen (secondary N) is 2. The second-order valence-electron chi connectivity index (χ2n) is 10.4. The number of nitriles is 1. The van der Waals surface area contributed by atoms with E-state index in [9.17, 15) is 9.83 Å². The Labute approximate surface area is 205 Å². The third kappa shape index (κ3) is 3.80. The van der Waals surface area contributed by atoms with Gasteiger partial charge in [-0.2, -0.15) is 10.2 Å². The van der Waals surface area contributed by atoms with Gasteiger partial charge in [0.15, 0.2) is 5.82 Å². The molecule has 0 radical (unpaired) electrons. The first kappa shape index (κ1) is 22.2. The van der Waals surface area contributed by atoms with Crippen molar-refractivity contribution in [2.45, 2.75) is 43.7 Å². The van der Waals surface area contributed by atoms with Crippen LogP contribution in [-0.2, 0) is 22.9 Å². The van der Waals surface area contributed by atoms with E-state index in [1.807, 2.05) is 0 Å². The number of benzene rings is 1. The summed E-state index contributed by atoms with van der Waals surface area (Å²) < 4.78 is 12.4. The Morgan fingerprint density at radius 1 is 1.20 bits per heavy atom. The zero-order valence-corrected chi connectivity index (χ0v) is 21.1. The number of aromatic nitrogens is 3. The first-order chi connectivity index (χ1) is 16.8. The minimum atomic E-state index is -2.51. The van der Waals surface area contributed by atoms with E-state index >= 15 is 0 Å². The molecule has 2 atom stereocenters. The molecule has 1 saturated carbocycles. The van der Waals surface area contributed by atoms with Gasteiger partial charge in [-0.25, -0.2) is 9.97 Å². The molecule has 2 aliphatic carbocycles. The third-order valence-electron chi connectivity index (χ3n) is 7.55. The average molecular weight is 486 g/mol. The standard InChI is InChI=1S/C26H28N7OP/c1-33-15-17-11-19(10-16-6-5-9-26(23(16)17)12-20(26)33)29-25-28-14-18(13-27)24(32-25)31-21-7-4-8-22(30-21)35(2,3)34/h4,7-8,10-11,14,20H,5-6,9,12,15H2,1-3H3,(H2,28,29,30,31,32). The Kier molecular flexibility index (Phi) is 5.00. The first-order valence-corrected chi connectivity index (χ1v) is 14.6. The van der Waals surface area contributed by atoms with Gasteiger partial charge in [0.1, 0.15) is 30.0 Å². The second-order valence-corrected chi connectivity index (χ2v) is 13.5. The molecule has 3 aromatic rings. The lowest BCUT2D eigenvalue weighted by molar-refractivity contribution is 0.259. The fourth-order valence-electron chi connectivity index (χ4n) is 5.96. The summed E-state index contributed by atoms with van der Waals surface area (Å²) in [6.45, 7) is 4.33. The Morgan fingerprint density at radius 3 is 2.83 bits per heavy atom. The normalized spacial score (nSPS) is 22.5. The van der Waals surface area contributed by atoms with E-state index in [-0.39, 0.29) is 0 Å². The highest BCUT2D eigenvalue weighted by atomic mass is 31.2. The molecule has 2 N–H and O–H groups in total. The maximum absolute atomic E-state index is 12.4. The summed E-state index contributed by atoms with van der Waals surface area (Å²) >= 11 is 0. The molecule has 8 nitrogen and oxygen atoms in total. The molecule has 178 valence electrons. The lowest BCUT2D eigenvalue weighted by atomic mass is 9.75. The number of pyridine rings is 1. The molecule has 1 fully saturated rings. The summed E-state index contributed by atoms with van der Waals surface area (Å²) in [5, 5.41) is 16.1. The van der Waals surface area contributed by atoms with Crippen LogP contribution in [0.5, 0.6) is 0 Å². The topological polar surface area (TPSA) is 107 Å². The van der Waals surface area contributed by atoms with Gasteiger partial charge in [-0.3, -0.25) is 4.90 Å². The van der Waals surface area contributed by atoms with E-state index < -0.39 is 7.14 Å². The van der Waals surface area contributed by atoms with Crippen molar-refractivity contribution in [3.63, 3.8) is 0 Å². The van der Waals surface area contributed by atoms with Gasteiger partial charge in [0.05, 0.1) is 6.20 Å². The number of aryl methyl sites for hydroxylation is 1. The van der Waals surface area contributed by atoms with Crippen molar-refractivity contribution in [1.82, 2.24) is 19.9 Å². The SMILES string of the molecule is CN1Cc2cc(Nc3ncc(C#N)c(Nc4cccc(P(C)(C)=O)n4)n3)cc3c2C2(CCC3)CC12. The Balaban J connectivity index is 1.31. The van der Waals surface area contributed by atoms with Gasteiger partial charge in [-0.1, -0.05) is 6.07 Å². The summed E-state index contributed by atoms with van der Waals surface area (Å²) in [4.78, 5) is 15.9. The minimum Gasteiger partial charge on any atom is -0.324 e. The zero-order chi connectivity index (χ0) is 24.4. The molecule has 0 amide bonds. The molecular formula is C26H28N7OP. The first-order valence-electron chi connectivity index (χ1n) is 12.0. The summed E-state index contributed by atoms with van der Waals surface area (Å²) in [5.74, 6) is 1.25. The van der Waals surface area contributed by atoms with Crippen molar-refractivity contribution >= 4 is 35.8 Å². The van der Waals surface area contributed by atoms with Crippen LogP contribution in [0.25, 0.3) is 0 Å². The number of rotatable bonds is 5. The minimum absolute atomic E-state index is 0.308. The largest absolute Gasteiger partial charge is 0.324 e. The van der Waals surface area contributed by atoms with Crippen molar-refractivity contribution in [3.8, 4) is 6.07 Å². The van der Waals surface area contributed by atoms with Crippen LogP contribution in [0.2, 0.25) is 0 Å². The number of hydrogen-bond acceptors (Lipinski definition) is 8. The Bertz CT molecular complexity index is 1440. The van der Waals surface area contributed by atoms with Crippen molar-refractivity contribution in [1.29, 1.82) is 5.26 Å². The van der Waals surface area contributed by atoms with E-state index in [1.165, 1.54) is 36.6 Å². The van der Waals surface area contributed by atoms with Gasteiger partial charge in [-0.05, 0) is 87.0 Å². The monoisotopic (exact) mass is 485 g/mol. The molecular weight excluding hydrogens is 457 g/mol. The van der Waals surface area contributed by atoms with E-state index in [0.29, 0.717) is 40.0 Å². The maximum atomic E-state index is 12.4. The predicted molar refractivity (Wildman–Crippen MR) is 138 cm³/mol. The smallest absolute Gasteiger partial charge is 0.229 e. The van der Waals surface area contributed by atoms with Crippen molar-refractivity contribution in [3.05, 3.63) is 58.8 Å². The molecule has 35 heavy (non-hydrogen) atoms. The van der Waals surface area contributed by atoms with Crippen LogP contribution >= 0.6 is 7.14 Å². The number of likely N-dealkylation sites (N-methyl/N-ethyl adjacent to an activating group) is 1. The highest BCUT2D eigenvalue weighted by Gasteiger charge is 2.61. The molecule has 3 heterocycles. The van der Waals surface area contributed by atoms with Gasteiger partial charge in [0.2, 0.25) is 5.95 Å². The van der Waals surface area contributed by atoms with Crippen LogP contribution in [0.4, 0.5) is 23.3 Å². The molecule has 2 unspecified atom stereocenters. The lowest BCUT2D eigenvalue weighted by Crippen LogP contribution is -2.36. The molecule has 1 aliphatic heterocycles. The summed E-state index contributed by atoms with van der Waals surface area (Å²) in [7, 11) is -0.279. The van der Waals surface area contributed by atoms with Crippen molar-refractivity contribution in [2.75, 3.05) is 31.0 Å². The van der Waals surface area contributed by atoms with E-state index in [1.54, 1.807) is 37.1 Å². The Hall–Kier alpha value is -3.27. The maximum Gasteiger partial charge on any atom is 0.229 e. The van der Waals surface area contributed by atoms with Crippen LogP contribution in [0.1, 0.15) is 41.5 Å². The number of anilines is 4. The molecule has 2 aromatic heterocycles. The highest BCUT2D eigenvalue weighted by molar-refractivity contribution is 7.69. The lowest BCUT2D eigenvalue weighted by Gasteiger charge is -2.37. The van der Waals surface area contributed by atoms with Crippen LogP contribution in [0.15, 0.2) is 36.5 Å². The summed E-state index contributed by atoms with van der Waals surface area (Å²) in [5.41, 5.74) is 6.62. The molecule has 6 rings (SSSR count). The van der Waals surface area contributed by atoms with Crippen LogP contribution < -0.4 is 16.1 Å². The molecule has 9 heteroatoms. The molecule has 3 aliphatic rings. The zero-order valence-electron chi connectivity index (χ0n) is 20.2. The second kappa shape index (κ2) is 7.87. The third-order valence-corrected chi connectivity index (χ3v) is 8.91.